The lowest BCUT2D eigenvalue weighted by Crippen LogP contribution is -2.43. The second kappa shape index (κ2) is 12.3. The Morgan fingerprint density at radius 1 is 0.826 bits per heavy atom. The highest BCUT2D eigenvalue weighted by molar-refractivity contribution is 5.99. The van der Waals surface area contributed by atoms with E-state index in [2.05, 4.69) is 27.9 Å². The number of H-pyrrole nitrogens is 1. The summed E-state index contributed by atoms with van der Waals surface area (Å²) in [6.45, 7) is 12.7. The first kappa shape index (κ1) is 31.4. The van der Waals surface area contributed by atoms with Crippen LogP contribution in [-0.4, -0.2) is 68.0 Å². The smallest absolute Gasteiger partial charge is 0.410 e. The highest BCUT2D eigenvalue weighted by Gasteiger charge is 2.37. The third-order valence-corrected chi connectivity index (χ3v) is 8.38. The quantitative estimate of drug-likeness (QED) is 0.304. The second-order valence-corrected chi connectivity index (χ2v) is 14.3. The van der Waals surface area contributed by atoms with Crippen molar-refractivity contribution in [2.45, 2.75) is 96.9 Å². The predicted octanol–water partition coefficient (Wildman–Crippen LogP) is 7.58. The van der Waals surface area contributed by atoms with Gasteiger partial charge >= 0.3 is 12.2 Å². The minimum Gasteiger partial charge on any atom is -0.444 e. The number of hydrogen-bond acceptors (Lipinski definition) is 6. The average molecular weight is 622 g/mol. The average Bonchev–Trinajstić information content (AvgIpc) is 3.79. The molecule has 0 radical (unpaired) electrons. The summed E-state index contributed by atoms with van der Waals surface area (Å²) in [4.78, 5) is 42.2. The lowest BCUT2D eigenvalue weighted by Gasteiger charge is -2.28. The molecule has 1 N–H and O–H groups in total. The number of aromatic nitrogens is 2. The van der Waals surface area contributed by atoms with E-state index in [-0.39, 0.29) is 24.3 Å². The maximum absolute atomic E-state index is 12.9. The van der Waals surface area contributed by atoms with Gasteiger partial charge in [-0.25, -0.2) is 14.6 Å². The zero-order valence-electron chi connectivity index (χ0n) is 27.6. The molecule has 2 amide bonds. The molecule has 3 aliphatic heterocycles. The van der Waals surface area contributed by atoms with Crippen molar-refractivity contribution < 1.29 is 19.1 Å². The zero-order chi connectivity index (χ0) is 32.6. The molecule has 0 saturated carbocycles. The minimum atomic E-state index is -0.547. The van der Waals surface area contributed by atoms with Crippen molar-refractivity contribution in [3.8, 4) is 23.1 Å². The van der Waals surface area contributed by atoms with Crippen molar-refractivity contribution in [1.29, 1.82) is 0 Å². The molecule has 0 spiro atoms. The molecule has 0 unspecified atom stereocenters. The van der Waals surface area contributed by atoms with Crippen LogP contribution in [0.1, 0.15) is 95.7 Å². The molecule has 2 fully saturated rings. The topological polar surface area (TPSA) is 100 Å². The number of aliphatic imine (C=N–C) groups is 1. The third-order valence-electron chi connectivity index (χ3n) is 8.38. The number of aromatic amines is 1. The molecule has 3 aromatic rings. The first-order chi connectivity index (χ1) is 21.8. The number of carbonyl (C=O) groups excluding carboxylic acids is 2. The number of fused-ring (bicyclic) bond motifs is 1. The van der Waals surface area contributed by atoms with E-state index in [1.54, 1.807) is 11.2 Å². The predicted molar refractivity (Wildman–Crippen MR) is 178 cm³/mol. The first-order valence-corrected chi connectivity index (χ1v) is 16.2. The molecule has 2 aromatic carbocycles. The number of nitrogens with zero attached hydrogens (tertiary/aromatic N) is 4. The van der Waals surface area contributed by atoms with Gasteiger partial charge in [0.05, 0.1) is 35.5 Å². The summed E-state index contributed by atoms with van der Waals surface area (Å²) in [5, 5.41) is 0. The summed E-state index contributed by atoms with van der Waals surface area (Å²) in [6, 6.07) is 14.1. The van der Waals surface area contributed by atoms with Gasteiger partial charge < -0.3 is 14.5 Å². The van der Waals surface area contributed by atoms with Gasteiger partial charge in [0.25, 0.3) is 0 Å². The number of nitrogens with one attached hydrogen (secondary N) is 1. The Labute approximate surface area is 271 Å². The van der Waals surface area contributed by atoms with Crippen molar-refractivity contribution in [1.82, 2.24) is 19.8 Å². The molecule has 9 heteroatoms. The van der Waals surface area contributed by atoms with Crippen molar-refractivity contribution in [2.24, 2.45) is 4.99 Å². The molecule has 2 saturated heterocycles. The number of amides is 2. The molecule has 9 nitrogen and oxygen atoms in total. The van der Waals surface area contributed by atoms with Crippen LogP contribution in [0.2, 0.25) is 0 Å². The number of ether oxygens (including phenoxy) is 2. The van der Waals surface area contributed by atoms with Gasteiger partial charge in [0.1, 0.15) is 11.2 Å². The Balaban J connectivity index is 1.14. The number of imidazole rings is 1. The number of benzene rings is 2. The van der Waals surface area contributed by atoms with Crippen LogP contribution in [0.3, 0.4) is 0 Å². The molecular formula is C37H43N5O4. The summed E-state index contributed by atoms with van der Waals surface area (Å²) < 4.78 is 11.3. The van der Waals surface area contributed by atoms with Gasteiger partial charge in [-0.2, -0.15) is 0 Å². The van der Waals surface area contributed by atoms with Crippen LogP contribution in [0, 0.1) is 11.8 Å². The molecule has 1 aromatic heterocycles. The number of hydrogen-bond donors (Lipinski definition) is 1. The Hall–Kier alpha value is -4.58. The van der Waals surface area contributed by atoms with Gasteiger partial charge in [-0.15, -0.1) is 0 Å². The summed E-state index contributed by atoms with van der Waals surface area (Å²) in [5.41, 5.74) is 6.52. The van der Waals surface area contributed by atoms with E-state index in [4.69, 9.17) is 14.5 Å². The number of likely N-dealkylation sites (tertiary alicyclic amines) is 2. The Morgan fingerprint density at radius 3 is 2.07 bits per heavy atom. The van der Waals surface area contributed by atoms with Gasteiger partial charge in [-0.05, 0) is 97.1 Å². The van der Waals surface area contributed by atoms with Crippen LogP contribution in [0.25, 0.3) is 11.3 Å². The van der Waals surface area contributed by atoms with Crippen LogP contribution >= 0.6 is 0 Å². The molecule has 6 rings (SSSR count). The maximum atomic E-state index is 12.9. The van der Waals surface area contributed by atoms with Crippen molar-refractivity contribution >= 4 is 23.6 Å². The lowest BCUT2D eigenvalue weighted by molar-refractivity contribution is 0.0219. The highest BCUT2D eigenvalue weighted by Crippen LogP contribution is 2.37. The van der Waals surface area contributed by atoms with E-state index in [0.717, 1.165) is 77.1 Å². The Bertz CT molecular complexity index is 1710. The second-order valence-electron chi connectivity index (χ2n) is 14.3. The molecule has 0 aliphatic carbocycles. The van der Waals surface area contributed by atoms with Crippen LogP contribution in [-0.2, 0) is 15.9 Å². The third kappa shape index (κ3) is 6.96. The fraction of sp³-hybridized carbons (Fsp3) is 0.459. The van der Waals surface area contributed by atoms with E-state index in [0.29, 0.717) is 13.1 Å². The normalized spacial score (nSPS) is 19.4. The molecule has 3 aliphatic rings. The largest absolute Gasteiger partial charge is 0.444 e. The monoisotopic (exact) mass is 621 g/mol. The summed E-state index contributed by atoms with van der Waals surface area (Å²) in [7, 11) is 0. The molecule has 240 valence electrons. The molecule has 2 atom stereocenters. The SMILES string of the molecule is CC(C)(C)OC(=O)N1CCC[C@H]1C1=Nc2cc(C#Cc3ccc(-c4nc[nH]c4[C@@H]4CCCN4C(=O)OC(C)(C)C)cc3)ccc2C1. The highest BCUT2D eigenvalue weighted by atomic mass is 16.6. The molecule has 0 bridgehead atoms. The zero-order valence-corrected chi connectivity index (χ0v) is 27.6. The maximum Gasteiger partial charge on any atom is 0.410 e. The van der Waals surface area contributed by atoms with Gasteiger partial charge in [0.2, 0.25) is 0 Å². The standard InChI is InChI=1S/C37H43N5O4/c1-36(2,3)45-34(43)41-19-7-9-30(41)29-22-27-18-15-25(21-28(27)40-29)12-11-24-13-16-26(17-14-24)32-33(39-23-38-32)31-10-8-20-42(31)35(44)46-37(4,5)6/h13-18,21,23,30-31H,7-10,19-20,22H2,1-6H3,(H,38,39)/t30-,31-/m0/s1. The fourth-order valence-electron chi connectivity index (χ4n) is 6.38. The van der Waals surface area contributed by atoms with Gasteiger partial charge in [0.15, 0.2) is 0 Å². The van der Waals surface area contributed by atoms with E-state index >= 15 is 0 Å². The van der Waals surface area contributed by atoms with Crippen LogP contribution in [0.15, 0.2) is 53.8 Å². The van der Waals surface area contributed by atoms with Crippen LogP contribution in [0.5, 0.6) is 0 Å². The van der Waals surface area contributed by atoms with Crippen molar-refractivity contribution in [3.63, 3.8) is 0 Å². The van der Waals surface area contributed by atoms with E-state index < -0.39 is 11.2 Å². The van der Waals surface area contributed by atoms with Crippen LogP contribution in [0.4, 0.5) is 15.3 Å². The summed E-state index contributed by atoms with van der Waals surface area (Å²) in [6.07, 6.45) is 5.48. The van der Waals surface area contributed by atoms with Gasteiger partial charge in [0, 0.05) is 41.9 Å². The van der Waals surface area contributed by atoms with Crippen LogP contribution < -0.4 is 0 Å². The molecule has 4 heterocycles. The lowest BCUT2D eigenvalue weighted by atomic mass is 10.0. The Morgan fingerprint density at radius 2 is 1.41 bits per heavy atom. The van der Waals surface area contributed by atoms with E-state index in [1.807, 2.05) is 82.8 Å². The Kier molecular flexibility index (Phi) is 8.41. The summed E-state index contributed by atoms with van der Waals surface area (Å²) >= 11 is 0. The van der Waals surface area contributed by atoms with E-state index in [1.165, 1.54) is 0 Å². The summed E-state index contributed by atoms with van der Waals surface area (Å²) in [5.74, 6) is 6.57. The number of carbonyl (C=O) groups is 2. The molecular weight excluding hydrogens is 578 g/mol. The van der Waals surface area contributed by atoms with Crippen molar-refractivity contribution in [2.75, 3.05) is 13.1 Å². The first-order valence-electron chi connectivity index (χ1n) is 16.2. The number of rotatable bonds is 3. The van der Waals surface area contributed by atoms with Gasteiger partial charge in [-0.1, -0.05) is 30.0 Å². The van der Waals surface area contributed by atoms with Crippen molar-refractivity contribution in [3.05, 3.63) is 71.2 Å². The fourth-order valence-corrected chi connectivity index (χ4v) is 6.38. The van der Waals surface area contributed by atoms with Gasteiger partial charge in [-0.3, -0.25) is 14.8 Å². The molecule has 46 heavy (non-hydrogen) atoms. The minimum absolute atomic E-state index is 0.0283. The van der Waals surface area contributed by atoms with E-state index in [9.17, 15) is 9.59 Å².